The van der Waals surface area contributed by atoms with Gasteiger partial charge in [0, 0.05) is 34.9 Å². The van der Waals surface area contributed by atoms with Crippen LogP contribution in [0.1, 0.15) is 45.1 Å². The first-order valence-corrected chi connectivity index (χ1v) is 12.1. The highest BCUT2D eigenvalue weighted by atomic mass is 16.6. The molecule has 0 bridgehead atoms. The number of esters is 1. The maximum Gasteiger partial charge on any atom is 0.315 e. The molecule has 0 saturated carbocycles. The number of hydrogen-bond acceptors (Lipinski definition) is 7. The first-order valence-electron chi connectivity index (χ1n) is 12.1. The molecular weight excluding hydrogens is 458 g/mol. The molecule has 2 aliphatic rings. The third-order valence-electron chi connectivity index (χ3n) is 6.66. The summed E-state index contributed by atoms with van der Waals surface area (Å²) in [7, 11) is 3.12. The standard InChI is InChI=1S/C29H33NO6/c1-18-24(28(32)36-15-14-35-19-10-7-6-8-11-19)25(20-12-9-13-23(33-4)27(20)34-5)26-21(30-18)16-29(2,3)17-22(26)31/h6-13,24-25H,14-17H2,1-5H3/t24?,25-/m1/s1. The van der Waals surface area contributed by atoms with E-state index in [9.17, 15) is 9.59 Å². The van der Waals surface area contributed by atoms with Gasteiger partial charge in [-0.3, -0.25) is 14.6 Å². The Bertz CT molecular complexity index is 1200. The molecule has 2 aromatic carbocycles. The predicted molar refractivity (Wildman–Crippen MR) is 137 cm³/mol. The molecule has 0 amide bonds. The minimum atomic E-state index is -0.772. The summed E-state index contributed by atoms with van der Waals surface area (Å²) >= 11 is 0. The van der Waals surface area contributed by atoms with Crippen LogP contribution in [0.2, 0.25) is 0 Å². The molecule has 4 rings (SSSR count). The molecule has 2 atom stereocenters. The van der Waals surface area contributed by atoms with Crippen LogP contribution < -0.4 is 14.2 Å². The molecule has 1 unspecified atom stereocenters. The average Bonchev–Trinajstić information content (AvgIpc) is 2.84. The molecule has 1 heterocycles. The van der Waals surface area contributed by atoms with Crippen LogP contribution in [0.15, 0.2) is 64.8 Å². The zero-order chi connectivity index (χ0) is 25.9. The normalized spacial score (nSPS) is 20.8. The van der Waals surface area contributed by atoms with Crippen molar-refractivity contribution in [3.8, 4) is 17.2 Å². The Morgan fingerprint density at radius 2 is 1.75 bits per heavy atom. The molecule has 7 nitrogen and oxygen atoms in total. The molecule has 1 aliphatic heterocycles. The Kier molecular flexibility index (Phi) is 7.48. The highest BCUT2D eigenvalue weighted by molar-refractivity contribution is 6.09. The third kappa shape index (κ3) is 5.15. The van der Waals surface area contributed by atoms with E-state index >= 15 is 0 Å². The van der Waals surface area contributed by atoms with Crippen molar-refractivity contribution in [1.29, 1.82) is 0 Å². The lowest BCUT2D eigenvalue weighted by Crippen LogP contribution is -2.40. The molecule has 2 aromatic rings. The molecule has 0 spiro atoms. The van der Waals surface area contributed by atoms with Crippen LogP contribution in [0.5, 0.6) is 17.2 Å². The second-order valence-corrected chi connectivity index (χ2v) is 9.92. The van der Waals surface area contributed by atoms with Crippen molar-refractivity contribution >= 4 is 17.5 Å². The second kappa shape index (κ2) is 10.6. The highest BCUT2D eigenvalue weighted by Crippen LogP contribution is 2.50. The zero-order valence-corrected chi connectivity index (χ0v) is 21.5. The first-order chi connectivity index (χ1) is 17.3. The summed E-state index contributed by atoms with van der Waals surface area (Å²) in [6.07, 6.45) is 1.04. The fourth-order valence-electron chi connectivity index (χ4n) is 5.15. The van der Waals surface area contributed by atoms with E-state index in [4.69, 9.17) is 23.9 Å². The lowest BCUT2D eigenvalue weighted by atomic mass is 9.66. The monoisotopic (exact) mass is 491 g/mol. The van der Waals surface area contributed by atoms with Crippen molar-refractivity contribution in [1.82, 2.24) is 0 Å². The van der Waals surface area contributed by atoms with Gasteiger partial charge in [-0.2, -0.15) is 0 Å². The van der Waals surface area contributed by atoms with E-state index in [1.165, 1.54) is 0 Å². The second-order valence-electron chi connectivity index (χ2n) is 9.92. The number of aliphatic imine (C=N–C) groups is 1. The molecule has 0 N–H and O–H groups in total. The van der Waals surface area contributed by atoms with Crippen LogP contribution in [-0.2, 0) is 14.3 Å². The number of ether oxygens (including phenoxy) is 4. The Labute approximate surface area is 212 Å². The average molecular weight is 492 g/mol. The fraction of sp³-hybridized carbons (Fsp3) is 0.414. The SMILES string of the molecule is COc1cccc([C@H]2C3=C(CC(C)(C)CC3=O)N=C(C)C2C(=O)OCCOc2ccccc2)c1OC. The zero-order valence-electron chi connectivity index (χ0n) is 21.5. The fourth-order valence-corrected chi connectivity index (χ4v) is 5.15. The highest BCUT2D eigenvalue weighted by Gasteiger charge is 2.47. The molecular formula is C29H33NO6. The summed E-state index contributed by atoms with van der Waals surface area (Å²) < 4.78 is 22.6. The quantitative estimate of drug-likeness (QED) is 0.375. The Morgan fingerprint density at radius 1 is 1.00 bits per heavy atom. The molecule has 36 heavy (non-hydrogen) atoms. The number of benzene rings is 2. The van der Waals surface area contributed by atoms with Crippen LogP contribution >= 0.6 is 0 Å². The van der Waals surface area contributed by atoms with E-state index in [1.54, 1.807) is 20.3 Å². The number of rotatable bonds is 8. The van der Waals surface area contributed by atoms with Gasteiger partial charge in [0.05, 0.1) is 14.2 Å². The van der Waals surface area contributed by atoms with E-state index in [0.29, 0.717) is 46.9 Å². The number of carbonyl (C=O) groups is 2. The van der Waals surface area contributed by atoms with E-state index in [2.05, 4.69) is 13.8 Å². The van der Waals surface area contributed by atoms with Crippen molar-refractivity contribution in [2.45, 2.75) is 39.5 Å². The number of methoxy groups -OCH3 is 2. The van der Waals surface area contributed by atoms with Gasteiger partial charge in [-0.15, -0.1) is 0 Å². The van der Waals surface area contributed by atoms with Crippen molar-refractivity contribution in [2.75, 3.05) is 27.4 Å². The minimum absolute atomic E-state index is 0.00224. The maximum atomic E-state index is 13.5. The Morgan fingerprint density at radius 3 is 2.44 bits per heavy atom. The minimum Gasteiger partial charge on any atom is -0.493 e. The van der Waals surface area contributed by atoms with Crippen LogP contribution in [-0.4, -0.2) is 44.9 Å². The van der Waals surface area contributed by atoms with Crippen LogP contribution in [0, 0.1) is 11.3 Å². The first kappa shape index (κ1) is 25.5. The van der Waals surface area contributed by atoms with Crippen LogP contribution in [0.25, 0.3) is 0 Å². The third-order valence-corrected chi connectivity index (χ3v) is 6.66. The number of nitrogens with zero attached hydrogens (tertiary/aromatic N) is 1. The van der Waals surface area contributed by atoms with Crippen molar-refractivity contribution in [3.63, 3.8) is 0 Å². The smallest absolute Gasteiger partial charge is 0.315 e. The van der Waals surface area contributed by atoms with Crippen molar-refractivity contribution in [3.05, 3.63) is 65.4 Å². The van der Waals surface area contributed by atoms with E-state index in [1.807, 2.05) is 49.4 Å². The Hall–Kier alpha value is -3.61. The summed E-state index contributed by atoms with van der Waals surface area (Å²) in [4.78, 5) is 31.8. The van der Waals surface area contributed by atoms with E-state index < -0.39 is 17.8 Å². The number of allylic oxidation sites excluding steroid dienone is 2. The maximum absolute atomic E-state index is 13.5. The van der Waals surface area contributed by atoms with Gasteiger partial charge >= 0.3 is 5.97 Å². The summed E-state index contributed by atoms with van der Waals surface area (Å²) in [6.45, 7) is 6.24. The van der Waals surface area contributed by atoms with Gasteiger partial charge in [-0.25, -0.2) is 0 Å². The van der Waals surface area contributed by atoms with Gasteiger partial charge < -0.3 is 18.9 Å². The summed E-state index contributed by atoms with van der Waals surface area (Å²) in [5.41, 5.74) is 2.41. The van der Waals surface area contributed by atoms with Gasteiger partial charge in [-0.1, -0.05) is 44.2 Å². The van der Waals surface area contributed by atoms with Gasteiger partial charge in [0.15, 0.2) is 17.3 Å². The van der Waals surface area contributed by atoms with E-state index in [-0.39, 0.29) is 24.4 Å². The molecule has 190 valence electrons. The molecule has 1 aliphatic carbocycles. The summed E-state index contributed by atoms with van der Waals surface area (Å²) in [5, 5.41) is 0. The van der Waals surface area contributed by atoms with Gasteiger partial charge in [0.2, 0.25) is 0 Å². The van der Waals surface area contributed by atoms with Gasteiger partial charge in [0.25, 0.3) is 0 Å². The van der Waals surface area contributed by atoms with Crippen molar-refractivity contribution in [2.24, 2.45) is 16.3 Å². The van der Waals surface area contributed by atoms with Gasteiger partial charge in [0.1, 0.15) is 24.9 Å². The number of Topliss-reactive ketones (excluding diaryl/α,β-unsaturated/α-hetero) is 1. The van der Waals surface area contributed by atoms with E-state index in [0.717, 1.165) is 5.70 Å². The molecule has 0 aromatic heterocycles. The lowest BCUT2D eigenvalue weighted by molar-refractivity contribution is -0.147. The van der Waals surface area contributed by atoms with Gasteiger partial charge in [-0.05, 0) is 37.0 Å². The molecule has 0 saturated heterocycles. The predicted octanol–water partition coefficient (Wildman–Crippen LogP) is 5.14. The number of ketones is 1. The topological polar surface area (TPSA) is 83.4 Å². The number of para-hydroxylation sites is 2. The molecule has 7 heteroatoms. The van der Waals surface area contributed by atoms with Crippen molar-refractivity contribution < 1.29 is 28.5 Å². The summed E-state index contributed by atoms with van der Waals surface area (Å²) in [5.74, 6) is -0.0864. The molecule has 0 radical (unpaired) electrons. The molecule has 0 fully saturated rings. The number of hydrogen-bond donors (Lipinski definition) is 0. The number of carbonyl (C=O) groups excluding carboxylic acids is 2. The summed E-state index contributed by atoms with van der Waals surface area (Å²) in [6, 6.07) is 14.9. The largest absolute Gasteiger partial charge is 0.493 e. The van der Waals surface area contributed by atoms with Crippen LogP contribution in [0.4, 0.5) is 0 Å². The van der Waals surface area contributed by atoms with Crippen LogP contribution in [0.3, 0.4) is 0 Å². The Balaban J connectivity index is 1.68. The lowest BCUT2D eigenvalue weighted by Gasteiger charge is -2.39.